The van der Waals surface area contributed by atoms with Crippen molar-refractivity contribution in [2.45, 2.75) is 47.0 Å². The maximum atomic E-state index is 2.37. The van der Waals surface area contributed by atoms with Gasteiger partial charge in [-0.15, -0.1) is 0 Å². The van der Waals surface area contributed by atoms with Gasteiger partial charge in [-0.25, -0.2) is 4.57 Å². The number of pyridine rings is 1. The van der Waals surface area contributed by atoms with E-state index in [2.05, 4.69) is 113 Å². The molecule has 0 saturated heterocycles. The number of hydrogen-bond acceptors (Lipinski definition) is 0. The second-order valence-electron chi connectivity index (χ2n) is 8.73. The van der Waals surface area contributed by atoms with Crippen LogP contribution in [0.1, 0.15) is 48.4 Å². The van der Waals surface area contributed by atoms with Crippen molar-refractivity contribution in [2.24, 2.45) is 7.05 Å². The fourth-order valence-electron chi connectivity index (χ4n) is 4.62. The topological polar surface area (TPSA) is 3.88 Å². The minimum absolute atomic E-state index is 0.588. The van der Waals surface area contributed by atoms with Crippen LogP contribution in [0.15, 0.2) is 66.9 Å². The van der Waals surface area contributed by atoms with Crippen molar-refractivity contribution >= 4 is 10.8 Å². The van der Waals surface area contributed by atoms with Crippen LogP contribution < -0.4 is 4.57 Å². The number of aryl methyl sites for hydroxylation is 4. The number of aromatic nitrogens is 1. The van der Waals surface area contributed by atoms with Gasteiger partial charge < -0.3 is 0 Å². The lowest BCUT2D eigenvalue weighted by Gasteiger charge is -2.14. The third-order valence-electron chi connectivity index (χ3n) is 6.59. The molecule has 0 saturated carbocycles. The second-order valence-corrected chi connectivity index (χ2v) is 8.73. The number of nitrogens with zero attached hydrogens (tertiary/aromatic N) is 1. The van der Waals surface area contributed by atoms with Crippen molar-refractivity contribution in [1.29, 1.82) is 0 Å². The molecule has 3 aromatic carbocycles. The van der Waals surface area contributed by atoms with E-state index in [0.717, 1.165) is 6.42 Å². The Labute approximate surface area is 181 Å². The van der Waals surface area contributed by atoms with E-state index < -0.39 is 0 Å². The number of hydrogen-bond donors (Lipinski definition) is 0. The van der Waals surface area contributed by atoms with Gasteiger partial charge in [0.15, 0.2) is 6.20 Å². The average molecular weight is 395 g/mol. The standard InChI is InChI=1S/C29H32N/c1-7-19(2)23-11-14-27-24(18-23)15-16-30(6)29(27)26-13-12-25(17-22(26)5)28-20(3)9-8-10-21(28)4/h8-19H,7H2,1-6H3/q+1. The summed E-state index contributed by atoms with van der Waals surface area (Å²) in [7, 11) is 2.15. The Balaban J connectivity index is 1.87. The van der Waals surface area contributed by atoms with E-state index in [9.17, 15) is 0 Å². The largest absolute Gasteiger partial charge is 0.220 e. The van der Waals surface area contributed by atoms with Gasteiger partial charge in [0.05, 0.1) is 5.39 Å². The Morgan fingerprint density at radius 1 is 0.833 bits per heavy atom. The zero-order valence-corrected chi connectivity index (χ0v) is 19.1. The highest BCUT2D eigenvalue weighted by Crippen LogP contribution is 2.34. The van der Waals surface area contributed by atoms with Gasteiger partial charge in [-0.3, -0.25) is 0 Å². The minimum Gasteiger partial charge on any atom is -0.200 e. The maximum Gasteiger partial charge on any atom is 0.220 e. The van der Waals surface area contributed by atoms with Gasteiger partial charge in [-0.05, 0) is 84.0 Å². The van der Waals surface area contributed by atoms with Gasteiger partial charge in [0, 0.05) is 11.6 Å². The van der Waals surface area contributed by atoms with E-state index in [0.29, 0.717) is 5.92 Å². The summed E-state index contributed by atoms with van der Waals surface area (Å²) in [4.78, 5) is 0. The molecule has 0 radical (unpaired) electrons. The third-order valence-corrected chi connectivity index (χ3v) is 6.59. The Morgan fingerprint density at radius 3 is 2.23 bits per heavy atom. The van der Waals surface area contributed by atoms with Gasteiger partial charge >= 0.3 is 0 Å². The molecule has 0 fully saturated rings. The zero-order chi connectivity index (χ0) is 21.4. The van der Waals surface area contributed by atoms with Crippen LogP contribution in [-0.4, -0.2) is 0 Å². The molecule has 1 heteroatoms. The molecule has 1 unspecified atom stereocenters. The first-order valence-corrected chi connectivity index (χ1v) is 11.0. The fourth-order valence-corrected chi connectivity index (χ4v) is 4.62. The van der Waals surface area contributed by atoms with Crippen molar-refractivity contribution in [1.82, 2.24) is 0 Å². The van der Waals surface area contributed by atoms with Crippen molar-refractivity contribution < 1.29 is 4.57 Å². The highest BCUT2D eigenvalue weighted by Gasteiger charge is 2.19. The summed E-state index contributed by atoms with van der Waals surface area (Å²) in [5.74, 6) is 0.588. The van der Waals surface area contributed by atoms with Gasteiger partial charge in [0.1, 0.15) is 7.05 Å². The SMILES string of the molecule is CCC(C)c1ccc2c(-c3ccc(-c4c(C)cccc4C)cc3C)[n+](C)ccc2c1. The van der Waals surface area contributed by atoms with E-state index in [1.54, 1.807) is 0 Å². The second kappa shape index (κ2) is 8.07. The van der Waals surface area contributed by atoms with Crippen LogP contribution in [0.3, 0.4) is 0 Å². The summed E-state index contributed by atoms with van der Waals surface area (Å²) in [5, 5.41) is 2.63. The molecule has 152 valence electrons. The summed E-state index contributed by atoms with van der Waals surface area (Å²) in [6.45, 7) is 11.2. The molecule has 0 amide bonds. The van der Waals surface area contributed by atoms with Gasteiger partial charge in [-0.2, -0.15) is 0 Å². The number of benzene rings is 3. The van der Waals surface area contributed by atoms with Crippen LogP contribution in [0.2, 0.25) is 0 Å². The Morgan fingerprint density at radius 2 is 1.57 bits per heavy atom. The zero-order valence-electron chi connectivity index (χ0n) is 19.1. The predicted octanol–water partition coefficient (Wildman–Crippen LogP) is 7.44. The Bertz CT molecular complexity index is 1210. The first kappa shape index (κ1) is 20.3. The maximum absolute atomic E-state index is 2.37. The van der Waals surface area contributed by atoms with Gasteiger partial charge in [-0.1, -0.05) is 56.3 Å². The molecule has 4 rings (SSSR count). The molecule has 1 atom stereocenters. The smallest absolute Gasteiger partial charge is 0.200 e. The van der Waals surface area contributed by atoms with Crippen LogP contribution in [0.4, 0.5) is 0 Å². The molecule has 1 nitrogen and oxygen atoms in total. The molecule has 4 aromatic rings. The van der Waals surface area contributed by atoms with E-state index in [1.165, 1.54) is 55.4 Å². The molecule has 1 heterocycles. The molecule has 30 heavy (non-hydrogen) atoms. The van der Waals surface area contributed by atoms with Crippen molar-refractivity contribution in [2.75, 3.05) is 0 Å². The summed E-state index contributed by atoms with van der Waals surface area (Å²) in [6, 6.07) is 22.7. The molecule has 0 aliphatic carbocycles. The molecular formula is C29H32N+. The van der Waals surface area contributed by atoms with Crippen LogP contribution in [0, 0.1) is 20.8 Å². The van der Waals surface area contributed by atoms with Crippen LogP contribution in [-0.2, 0) is 7.05 Å². The minimum atomic E-state index is 0.588. The normalized spacial score (nSPS) is 12.3. The molecule has 0 aliphatic rings. The molecule has 1 aromatic heterocycles. The molecule has 0 N–H and O–H groups in total. The van der Waals surface area contributed by atoms with E-state index in [4.69, 9.17) is 0 Å². The highest BCUT2D eigenvalue weighted by atomic mass is 14.9. The van der Waals surface area contributed by atoms with E-state index >= 15 is 0 Å². The quantitative estimate of drug-likeness (QED) is 0.317. The first-order chi connectivity index (χ1) is 14.4. The van der Waals surface area contributed by atoms with Crippen LogP contribution in [0.25, 0.3) is 33.2 Å². The first-order valence-electron chi connectivity index (χ1n) is 11.0. The van der Waals surface area contributed by atoms with E-state index in [1.807, 2.05) is 0 Å². The van der Waals surface area contributed by atoms with Crippen molar-refractivity contribution in [3.63, 3.8) is 0 Å². The molecule has 0 spiro atoms. The van der Waals surface area contributed by atoms with Crippen LogP contribution >= 0.6 is 0 Å². The van der Waals surface area contributed by atoms with Crippen molar-refractivity contribution in [3.8, 4) is 22.4 Å². The number of fused-ring (bicyclic) bond motifs is 1. The van der Waals surface area contributed by atoms with Crippen molar-refractivity contribution in [3.05, 3.63) is 89.1 Å². The van der Waals surface area contributed by atoms with E-state index in [-0.39, 0.29) is 0 Å². The highest BCUT2D eigenvalue weighted by molar-refractivity contribution is 5.94. The average Bonchev–Trinajstić information content (AvgIpc) is 2.73. The van der Waals surface area contributed by atoms with Gasteiger partial charge in [0.25, 0.3) is 0 Å². The summed E-state index contributed by atoms with van der Waals surface area (Å²) >= 11 is 0. The molecule has 0 bridgehead atoms. The van der Waals surface area contributed by atoms with Crippen LogP contribution in [0.5, 0.6) is 0 Å². The predicted molar refractivity (Wildman–Crippen MR) is 129 cm³/mol. The van der Waals surface area contributed by atoms with Gasteiger partial charge in [0.2, 0.25) is 5.69 Å². The summed E-state index contributed by atoms with van der Waals surface area (Å²) in [6.07, 6.45) is 3.36. The summed E-state index contributed by atoms with van der Waals surface area (Å²) in [5.41, 5.74) is 10.6. The number of rotatable bonds is 4. The third kappa shape index (κ3) is 3.54. The lowest BCUT2D eigenvalue weighted by molar-refractivity contribution is -0.659. The molecule has 0 aliphatic heterocycles. The Hall–Kier alpha value is -2.93. The summed E-state index contributed by atoms with van der Waals surface area (Å²) < 4.78 is 2.26. The lowest BCUT2D eigenvalue weighted by atomic mass is 9.91. The lowest BCUT2D eigenvalue weighted by Crippen LogP contribution is -2.30. The fraction of sp³-hybridized carbons (Fsp3) is 0.276. The monoisotopic (exact) mass is 394 g/mol. The Kier molecular flexibility index (Phi) is 5.47. The molecular weight excluding hydrogens is 362 g/mol.